The Bertz CT molecular complexity index is 1100. The average molecular weight is 460 g/mol. The van der Waals surface area contributed by atoms with E-state index in [-0.39, 0.29) is 18.1 Å². The Morgan fingerprint density at radius 2 is 1.68 bits per heavy atom. The zero-order chi connectivity index (χ0) is 22.2. The fourth-order valence-corrected chi connectivity index (χ4v) is 3.00. The number of benzene rings is 3. The highest BCUT2D eigenvalue weighted by Crippen LogP contribution is 2.22. The largest absolute Gasteiger partial charge is 0.489 e. The Morgan fingerprint density at radius 1 is 0.968 bits per heavy atom. The number of carbonyl (C=O) groups excluding carboxylic acids is 2. The zero-order valence-corrected chi connectivity index (χ0v) is 17.5. The molecule has 3 aromatic rings. The SMILES string of the molecule is O=C(N/N=C/c1ccc(OCc2cccc(F)c2)cc1)C(=O)Nc1cc(Cl)cc(Cl)c1. The lowest BCUT2D eigenvalue weighted by molar-refractivity contribution is -0.136. The summed E-state index contributed by atoms with van der Waals surface area (Å²) in [5.41, 5.74) is 3.80. The van der Waals surface area contributed by atoms with Crippen LogP contribution in [0.3, 0.4) is 0 Å². The molecule has 0 aromatic heterocycles. The monoisotopic (exact) mass is 459 g/mol. The van der Waals surface area contributed by atoms with E-state index in [4.69, 9.17) is 27.9 Å². The molecule has 0 aliphatic heterocycles. The number of nitrogens with zero attached hydrogens (tertiary/aromatic N) is 1. The van der Waals surface area contributed by atoms with Crippen LogP contribution < -0.4 is 15.5 Å². The molecule has 0 heterocycles. The molecule has 6 nitrogen and oxygen atoms in total. The standard InChI is InChI=1S/C22H16Cl2FN3O3/c23-16-9-17(24)11-19(10-16)27-21(29)22(30)28-26-12-14-4-6-20(7-5-14)31-13-15-2-1-3-18(25)8-15/h1-12H,13H2,(H,27,29)(H,28,30)/b26-12+. The lowest BCUT2D eigenvalue weighted by Gasteiger charge is -2.06. The first kappa shape index (κ1) is 22.3. The molecular formula is C22H16Cl2FN3O3. The van der Waals surface area contributed by atoms with Crippen molar-refractivity contribution in [2.45, 2.75) is 6.61 Å². The second kappa shape index (κ2) is 10.6. The molecule has 3 rings (SSSR count). The average Bonchev–Trinajstić information content (AvgIpc) is 2.72. The first-order chi connectivity index (χ1) is 14.9. The Morgan fingerprint density at radius 3 is 2.35 bits per heavy atom. The summed E-state index contributed by atoms with van der Waals surface area (Å²) in [6.07, 6.45) is 1.37. The second-order valence-corrected chi connectivity index (χ2v) is 7.17. The predicted molar refractivity (Wildman–Crippen MR) is 118 cm³/mol. The molecule has 0 fully saturated rings. The van der Waals surface area contributed by atoms with Gasteiger partial charge in [0.05, 0.1) is 6.21 Å². The maximum Gasteiger partial charge on any atom is 0.329 e. The van der Waals surface area contributed by atoms with Gasteiger partial charge in [-0.05, 0) is 65.7 Å². The van der Waals surface area contributed by atoms with Gasteiger partial charge in [0.25, 0.3) is 0 Å². The molecule has 9 heteroatoms. The highest BCUT2D eigenvalue weighted by atomic mass is 35.5. The van der Waals surface area contributed by atoms with Gasteiger partial charge in [-0.25, -0.2) is 9.82 Å². The van der Waals surface area contributed by atoms with Gasteiger partial charge in [0.15, 0.2) is 0 Å². The maximum absolute atomic E-state index is 13.2. The van der Waals surface area contributed by atoms with Crippen molar-refractivity contribution < 1.29 is 18.7 Å². The van der Waals surface area contributed by atoms with Crippen LogP contribution in [0.25, 0.3) is 0 Å². The fraction of sp³-hybridized carbons (Fsp3) is 0.0455. The predicted octanol–water partition coefficient (Wildman–Crippen LogP) is 4.80. The van der Waals surface area contributed by atoms with Crippen molar-refractivity contribution in [1.29, 1.82) is 0 Å². The molecule has 2 N–H and O–H groups in total. The number of hydrogen-bond acceptors (Lipinski definition) is 4. The minimum Gasteiger partial charge on any atom is -0.489 e. The van der Waals surface area contributed by atoms with Gasteiger partial charge in [-0.2, -0.15) is 5.10 Å². The number of hydrazone groups is 1. The summed E-state index contributed by atoms with van der Waals surface area (Å²) < 4.78 is 18.8. The lowest BCUT2D eigenvalue weighted by atomic mass is 10.2. The van der Waals surface area contributed by atoms with Crippen molar-refractivity contribution in [2.24, 2.45) is 5.10 Å². The molecule has 0 atom stereocenters. The van der Waals surface area contributed by atoms with Crippen molar-refractivity contribution >= 4 is 46.9 Å². The summed E-state index contributed by atoms with van der Waals surface area (Å²) in [6, 6.07) is 17.4. The van der Waals surface area contributed by atoms with Crippen LogP contribution in [0.2, 0.25) is 10.0 Å². The summed E-state index contributed by atoms with van der Waals surface area (Å²) >= 11 is 11.7. The third-order valence-corrected chi connectivity index (χ3v) is 4.32. The van der Waals surface area contributed by atoms with Crippen molar-refractivity contribution in [2.75, 3.05) is 5.32 Å². The van der Waals surface area contributed by atoms with Gasteiger partial charge in [0.2, 0.25) is 0 Å². The van der Waals surface area contributed by atoms with E-state index >= 15 is 0 Å². The molecule has 3 aromatic carbocycles. The molecule has 0 spiro atoms. The number of halogens is 3. The first-order valence-electron chi connectivity index (χ1n) is 8.97. The summed E-state index contributed by atoms with van der Waals surface area (Å²) in [4.78, 5) is 23.8. The molecule has 0 saturated carbocycles. The van der Waals surface area contributed by atoms with E-state index in [1.165, 1.54) is 36.5 Å². The summed E-state index contributed by atoms with van der Waals surface area (Å²) in [6.45, 7) is 0.230. The molecule has 31 heavy (non-hydrogen) atoms. The second-order valence-electron chi connectivity index (χ2n) is 6.30. The van der Waals surface area contributed by atoms with E-state index in [1.807, 2.05) is 0 Å². The molecular weight excluding hydrogens is 444 g/mol. The molecule has 2 amide bonds. The Labute approximate surface area is 187 Å². The van der Waals surface area contributed by atoms with Crippen molar-refractivity contribution in [3.63, 3.8) is 0 Å². The molecule has 0 radical (unpaired) electrons. The van der Waals surface area contributed by atoms with Gasteiger partial charge in [0, 0.05) is 15.7 Å². The third kappa shape index (κ3) is 7.09. The molecule has 158 valence electrons. The number of amides is 2. The number of anilines is 1. The van der Waals surface area contributed by atoms with Crippen LogP contribution in [0.5, 0.6) is 5.75 Å². The zero-order valence-electron chi connectivity index (χ0n) is 15.9. The van der Waals surface area contributed by atoms with Gasteiger partial charge in [-0.3, -0.25) is 9.59 Å². The smallest absolute Gasteiger partial charge is 0.329 e. The number of carbonyl (C=O) groups is 2. The van der Waals surface area contributed by atoms with E-state index in [2.05, 4.69) is 15.8 Å². The fourth-order valence-electron chi connectivity index (χ4n) is 2.47. The molecule has 0 bridgehead atoms. The van der Waals surface area contributed by atoms with Crippen LogP contribution in [0.4, 0.5) is 10.1 Å². The van der Waals surface area contributed by atoms with Crippen molar-refractivity contribution in [3.05, 3.63) is 93.7 Å². The van der Waals surface area contributed by atoms with Gasteiger partial charge in [-0.1, -0.05) is 35.3 Å². The highest BCUT2D eigenvalue weighted by molar-refractivity contribution is 6.40. The van der Waals surface area contributed by atoms with E-state index in [9.17, 15) is 14.0 Å². The topological polar surface area (TPSA) is 79.8 Å². The molecule has 0 aliphatic carbocycles. The Hall–Kier alpha value is -3.42. The van der Waals surface area contributed by atoms with Crippen molar-refractivity contribution in [3.8, 4) is 5.75 Å². The van der Waals surface area contributed by atoms with E-state index in [1.54, 1.807) is 36.4 Å². The number of rotatable bonds is 6. The Kier molecular flexibility index (Phi) is 7.59. The quantitative estimate of drug-likeness (QED) is 0.315. The van der Waals surface area contributed by atoms with E-state index < -0.39 is 11.8 Å². The number of hydrogen-bond donors (Lipinski definition) is 2. The number of nitrogens with one attached hydrogen (secondary N) is 2. The van der Waals surface area contributed by atoms with Crippen LogP contribution in [-0.4, -0.2) is 18.0 Å². The van der Waals surface area contributed by atoms with Gasteiger partial charge < -0.3 is 10.1 Å². The third-order valence-electron chi connectivity index (χ3n) is 3.88. The minimum atomic E-state index is -0.956. The normalized spacial score (nSPS) is 10.7. The first-order valence-corrected chi connectivity index (χ1v) is 9.72. The van der Waals surface area contributed by atoms with Gasteiger partial charge >= 0.3 is 11.8 Å². The van der Waals surface area contributed by atoms with Gasteiger partial charge in [0.1, 0.15) is 18.2 Å². The lowest BCUT2D eigenvalue weighted by Crippen LogP contribution is -2.32. The summed E-state index contributed by atoms with van der Waals surface area (Å²) in [7, 11) is 0. The summed E-state index contributed by atoms with van der Waals surface area (Å²) in [5.74, 6) is -1.61. The molecule has 0 unspecified atom stereocenters. The van der Waals surface area contributed by atoms with Gasteiger partial charge in [-0.15, -0.1) is 0 Å². The van der Waals surface area contributed by atoms with Crippen molar-refractivity contribution in [1.82, 2.24) is 5.43 Å². The molecule has 0 saturated heterocycles. The maximum atomic E-state index is 13.2. The number of ether oxygens (including phenoxy) is 1. The van der Waals surface area contributed by atoms with Crippen LogP contribution in [-0.2, 0) is 16.2 Å². The van der Waals surface area contributed by atoms with Crippen LogP contribution >= 0.6 is 23.2 Å². The highest BCUT2D eigenvalue weighted by Gasteiger charge is 2.13. The summed E-state index contributed by atoms with van der Waals surface area (Å²) in [5, 5.41) is 6.78. The van der Waals surface area contributed by atoms with E-state index in [0.717, 1.165) is 0 Å². The van der Waals surface area contributed by atoms with Crippen LogP contribution in [0.1, 0.15) is 11.1 Å². The molecule has 0 aliphatic rings. The van der Waals surface area contributed by atoms with Crippen LogP contribution in [0, 0.1) is 5.82 Å². The van der Waals surface area contributed by atoms with Crippen LogP contribution in [0.15, 0.2) is 71.8 Å². The minimum absolute atomic E-state index is 0.230. The Balaban J connectivity index is 1.48. The van der Waals surface area contributed by atoms with E-state index in [0.29, 0.717) is 26.9 Å².